The standard InChI is InChI=1S/C28H22O4S4/c1-15-5-7-23(33-15)25-11-9-21(35-25)17-13-20(28(30)32-4)18(14-19(17)27(29)31-3)22-10-12-26(36-22)24-8-6-16(2)34-24/h5-14H,1-4H3. The second kappa shape index (κ2) is 10.1. The predicted molar refractivity (Wildman–Crippen MR) is 152 cm³/mol. The maximum Gasteiger partial charge on any atom is 0.338 e. The van der Waals surface area contributed by atoms with E-state index in [9.17, 15) is 9.59 Å². The van der Waals surface area contributed by atoms with Crippen molar-refractivity contribution in [3.05, 3.63) is 81.5 Å². The first-order chi connectivity index (χ1) is 17.4. The van der Waals surface area contributed by atoms with Crippen LogP contribution in [0.25, 0.3) is 40.4 Å². The van der Waals surface area contributed by atoms with Gasteiger partial charge in [0.2, 0.25) is 0 Å². The maximum absolute atomic E-state index is 12.9. The lowest BCUT2D eigenvalue weighted by molar-refractivity contribution is 0.0588. The molecule has 0 radical (unpaired) electrons. The highest BCUT2D eigenvalue weighted by molar-refractivity contribution is 7.24. The molecule has 4 heterocycles. The van der Waals surface area contributed by atoms with Gasteiger partial charge in [0.25, 0.3) is 0 Å². The average Bonchev–Trinajstić information content (AvgIpc) is 3.69. The summed E-state index contributed by atoms with van der Waals surface area (Å²) in [6.45, 7) is 4.16. The van der Waals surface area contributed by atoms with Crippen LogP contribution in [0.2, 0.25) is 0 Å². The van der Waals surface area contributed by atoms with Crippen molar-refractivity contribution < 1.29 is 19.1 Å². The molecule has 1 aromatic carbocycles. The topological polar surface area (TPSA) is 52.6 Å². The van der Waals surface area contributed by atoms with Gasteiger partial charge in [0.05, 0.1) is 25.3 Å². The molecular formula is C28H22O4S4. The van der Waals surface area contributed by atoms with Crippen LogP contribution in [0.5, 0.6) is 0 Å². The summed E-state index contributed by atoms with van der Waals surface area (Å²) in [6.07, 6.45) is 0. The summed E-state index contributed by atoms with van der Waals surface area (Å²) in [4.78, 5) is 34.6. The van der Waals surface area contributed by atoms with Crippen LogP contribution in [-0.2, 0) is 9.47 Å². The highest BCUT2D eigenvalue weighted by atomic mass is 32.1. The van der Waals surface area contributed by atoms with E-state index in [0.717, 1.165) is 19.5 Å². The van der Waals surface area contributed by atoms with E-state index in [1.54, 1.807) is 57.5 Å². The minimum Gasteiger partial charge on any atom is -0.465 e. The summed E-state index contributed by atoms with van der Waals surface area (Å²) in [5, 5.41) is 0. The molecule has 0 amide bonds. The Kier molecular flexibility index (Phi) is 6.94. The van der Waals surface area contributed by atoms with Crippen molar-refractivity contribution in [1.29, 1.82) is 0 Å². The molecule has 36 heavy (non-hydrogen) atoms. The van der Waals surface area contributed by atoms with Crippen LogP contribution < -0.4 is 0 Å². The number of carbonyl (C=O) groups excluding carboxylic acids is 2. The zero-order chi connectivity index (χ0) is 25.4. The molecule has 4 aromatic heterocycles. The molecule has 0 bridgehead atoms. The quantitative estimate of drug-likeness (QED) is 0.198. The molecule has 0 aliphatic heterocycles. The van der Waals surface area contributed by atoms with Crippen LogP contribution in [-0.4, -0.2) is 26.2 Å². The monoisotopic (exact) mass is 550 g/mol. The van der Waals surface area contributed by atoms with E-state index >= 15 is 0 Å². The summed E-state index contributed by atoms with van der Waals surface area (Å²) in [5.41, 5.74) is 2.14. The number of hydrogen-bond acceptors (Lipinski definition) is 8. The molecule has 0 spiro atoms. The molecule has 5 aromatic rings. The van der Waals surface area contributed by atoms with Crippen molar-refractivity contribution in [3.63, 3.8) is 0 Å². The van der Waals surface area contributed by atoms with E-state index < -0.39 is 11.9 Å². The van der Waals surface area contributed by atoms with E-state index in [2.05, 4.69) is 38.1 Å². The summed E-state index contributed by atoms with van der Waals surface area (Å²) >= 11 is 6.61. The normalized spacial score (nSPS) is 11.0. The van der Waals surface area contributed by atoms with Crippen LogP contribution in [0.15, 0.2) is 60.7 Å². The molecule has 0 N–H and O–H groups in total. The van der Waals surface area contributed by atoms with Gasteiger partial charge in [-0.3, -0.25) is 0 Å². The zero-order valence-corrected chi connectivity index (χ0v) is 23.3. The van der Waals surface area contributed by atoms with E-state index in [1.165, 1.54) is 33.7 Å². The molecule has 0 aliphatic rings. The first-order valence-corrected chi connectivity index (χ1v) is 14.3. The largest absolute Gasteiger partial charge is 0.465 e. The SMILES string of the molecule is COC(=O)c1cc(-c2ccc(-c3ccc(C)s3)s2)c(C(=O)OC)cc1-c1ccc(-c2ccc(C)s2)s1. The maximum atomic E-state index is 12.9. The van der Waals surface area contributed by atoms with E-state index in [1.807, 2.05) is 24.3 Å². The Bertz CT molecular complexity index is 1460. The zero-order valence-electron chi connectivity index (χ0n) is 20.0. The van der Waals surface area contributed by atoms with Crippen molar-refractivity contribution in [2.45, 2.75) is 13.8 Å². The van der Waals surface area contributed by atoms with Crippen LogP contribution in [0.4, 0.5) is 0 Å². The van der Waals surface area contributed by atoms with Gasteiger partial charge < -0.3 is 9.47 Å². The molecule has 0 atom stereocenters. The minimum atomic E-state index is -0.449. The molecule has 8 heteroatoms. The second-order valence-electron chi connectivity index (χ2n) is 8.07. The lowest BCUT2D eigenvalue weighted by Gasteiger charge is -2.13. The molecule has 0 aliphatic carbocycles. The number of ether oxygens (including phenoxy) is 2. The third kappa shape index (κ3) is 4.69. The smallest absolute Gasteiger partial charge is 0.338 e. The van der Waals surface area contributed by atoms with Gasteiger partial charge in [0.15, 0.2) is 0 Å². The van der Waals surface area contributed by atoms with Gasteiger partial charge in [-0.2, -0.15) is 0 Å². The van der Waals surface area contributed by atoms with Gasteiger partial charge in [0.1, 0.15) is 0 Å². The summed E-state index contributed by atoms with van der Waals surface area (Å²) in [6, 6.07) is 20.0. The van der Waals surface area contributed by atoms with Crippen LogP contribution >= 0.6 is 45.3 Å². The van der Waals surface area contributed by atoms with Gasteiger partial charge in [-0.15, -0.1) is 45.3 Å². The molecule has 5 rings (SSSR count). The fourth-order valence-electron chi connectivity index (χ4n) is 3.93. The Morgan fingerprint density at radius 2 is 0.861 bits per heavy atom. The van der Waals surface area contributed by atoms with Gasteiger partial charge in [-0.05, 0) is 74.5 Å². The Morgan fingerprint density at radius 1 is 0.528 bits per heavy atom. The molecule has 0 saturated carbocycles. The Morgan fingerprint density at radius 3 is 1.19 bits per heavy atom. The fraction of sp³-hybridized carbons (Fsp3) is 0.143. The van der Waals surface area contributed by atoms with Gasteiger partial charge in [-0.1, -0.05) is 0 Å². The molecule has 0 saturated heterocycles. The number of esters is 2. The number of carbonyl (C=O) groups is 2. The van der Waals surface area contributed by atoms with Crippen molar-refractivity contribution in [1.82, 2.24) is 0 Å². The highest BCUT2D eigenvalue weighted by Gasteiger charge is 2.24. The number of rotatable bonds is 6. The van der Waals surface area contributed by atoms with E-state index in [4.69, 9.17) is 9.47 Å². The van der Waals surface area contributed by atoms with E-state index in [-0.39, 0.29) is 0 Å². The average molecular weight is 551 g/mol. The van der Waals surface area contributed by atoms with Crippen molar-refractivity contribution in [2.24, 2.45) is 0 Å². The third-order valence-corrected chi connectivity index (χ3v) is 10.3. The third-order valence-electron chi connectivity index (χ3n) is 5.68. The lowest BCUT2D eigenvalue weighted by atomic mass is 9.96. The van der Waals surface area contributed by atoms with E-state index in [0.29, 0.717) is 22.3 Å². The Labute approximate surface area is 225 Å². The van der Waals surface area contributed by atoms with Crippen molar-refractivity contribution >= 4 is 57.3 Å². The molecule has 4 nitrogen and oxygen atoms in total. The second-order valence-corrected chi connectivity index (χ2v) is 12.8. The van der Waals surface area contributed by atoms with Gasteiger partial charge in [-0.25, -0.2) is 9.59 Å². The Hall–Kier alpha value is -3.04. The van der Waals surface area contributed by atoms with Crippen LogP contribution in [0.3, 0.4) is 0 Å². The number of thiophene rings is 4. The predicted octanol–water partition coefficient (Wildman–Crippen LogP) is 8.79. The minimum absolute atomic E-state index is 0.415. The molecule has 182 valence electrons. The molecule has 0 fully saturated rings. The van der Waals surface area contributed by atoms with Crippen LogP contribution in [0, 0.1) is 13.8 Å². The Balaban J connectivity index is 1.66. The van der Waals surface area contributed by atoms with Crippen molar-refractivity contribution in [3.8, 4) is 40.4 Å². The van der Waals surface area contributed by atoms with Crippen molar-refractivity contribution in [2.75, 3.05) is 14.2 Å². The van der Waals surface area contributed by atoms with Gasteiger partial charge >= 0.3 is 11.9 Å². The first kappa shape index (κ1) is 24.6. The van der Waals surface area contributed by atoms with Crippen LogP contribution in [0.1, 0.15) is 30.5 Å². The number of aryl methyl sites for hydroxylation is 2. The highest BCUT2D eigenvalue weighted by Crippen LogP contribution is 2.43. The lowest BCUT2D eigenvalue weighted by Crippen LogP contribution is -2.09. The fourth-order valence-corrected chi connectivity index (χ4v) is 7.92. The summed E-state index contributed by atoms with van der Waals surface area (Å²) in [5.74, 6) is -0.898. The summed E-state index contributed by atoms with van der Waals surface area (Å²) < 4.78 is 10.3. The molecular weight excluding hydrogens is 529 g/mol. The summed E-state index contributed by atoms with van der Waals surface area (Å²) in [7, 11) is 2.74. The molecule has 0 unspecified atom stereocenters. The first-order valence-electron chi connectivity index (χ1n) is 11.1. The van der Waals surface area contributed by atoms with Gasteiger partial charge in [0, 0.05) is 50.1 Å². The number of benzene rings is 1. The number of hydrogen-bond donors (Lipinski definition) is 0. The number of methoxy groups -OCH3 is 2.